The van der Waals surface area contributed by atoms with Crippen molar-refractivity contribution in [3.63, 3.8) is 0 Å². The number of benzene rings is 2. The molecule has 0 bridgehead atoms. The van der Waals surface area contributed by atoms with Gasteiger partial charge in [0.2, 0.25) is 15.9 Å². The summed E-state index contributed by atoms with van der Waals surface area (Å²) in [5, 5.41) is 14.3. The Morgan fingerprint density at radius 1 is 1.14 bits per heavy atom. The van der Waals surface area contributed by atoms with E-state index in [1.807, 2.05) is 58.0 Å². The molecule has 3 rings (SSSR count). The van der Waals surface area contributed by atoms with E-state index in [4.69, 9.17) is 10.5 Å². The quantitative estimate of drug-likeness (QED) is 0.365. The Morgan fingerprint density at radius 3 is 2.49 bits per heavy atom. The molecule has 0 fully saturated rings. The van der Waals surface area contributed by atoms with Gasteiger partial charge in [0, 0.05) is 19.5 Å². The van der Waals surface area contributed by atoms with Crippen molar-refractivity contribution in [1.29, 1.82) is 0 Å². The Morgan fingerprint density at radius 2 is 1.84 bits per heavy atom. The fourth-order valence-electron chi connectivity index (χ4n) is 4.43. The number of nitrogens with one attached hydrogen (secondary N) is 1. The van der Waals surface area contributed by atoms with E-state index in [9.17, 15) is 18.3 Å². The molecule has 0 saturated carbocycles. The van der Waals surface area contributed by atoms with Crippen LogP contribution >= 0.6 is 0 Å². The smallest absolute Gasteiger partial charge is 0.243 e. The van der Waals surface area contributed by atoms with Crippen LogP contribution in [0.5, 0.6) is 5.75 Å². The number of hydrogen-bond donors (Lipinski definition) is 3. The van der Waals surface area contributed by atoms with Crippen molar-refractivity contribution in [1.82, 2.24) is 9.62 Å². The number of sulfonamides is 1. The third-order valence-corrected chi connectivity index (χ3v) is 8.74. The average Bonchev–Trinajstić information content (AvgIpc) is 3.35. The lowest BCUT2D eigenvalue weighted by molar-refractivity contribution is -0.125. The molecule has 4 atom stereocenters. The van der Waals surface area contributed by atoms with Crippen molar-refractivity contribution in [2.45, 2.75) is 70.0 Å². The number of rotatable bonds is 13. The molecule has 204 valence electrons. The Kier molecular flexibility index (Phi) is 10.1. The normalized spacial score (nSPS) is 16.6. The standard InChI is InChI=1S/C28H41N3O5S/c1-5-20(4)27(29)28(33)30-24(15-21-9-7-6-8-10-21)25(32)18-31(17-19(2)3)37(34,35)23-11-12-26-22(16-23)13-14-36-26/h6-12,16,19-20,24-25,27,32H,5,13-15,17-18,29H2,1-4H3,(H,30,33). The number of nitrogens with two attached hydrogens (primary N) is 1. The van der Waals surface area contributed by atoms with E-state index < -0.39 is 28.2 Å². The van der Waals surface area contributed by atoms with Gasteiger partial charge in [-0.05, 0) is 47.6 Å². The zero-order valence-electron chi connectivity index (χ0n) is 22.3. The van der Waals surface area contributed by atoms with Crippen LogP contribution in [-0.2, 0) is 27.7 Å². The third kappa shape index (κ3) is 7.54. The average molecular weight is 532 g/mol. The van der Waals surface area contributed by atoms with E-state index in [0.29, 0.717) is 25.2 Å². The first-order valence-corrected chi connectivity index (χ1v) is 14.5. The van der Waals surface area contributed by atoms with Gasteiger partial charge in [-0.25, -0.2) is 8.42 Å². The molecule has 2 aromatic carbocycles. The molecule has 1 heterocycles. The van der Waals surface area contributed by atoms with Gasteiger partial charge in [-0.1, -0.05) is 64.4 Å². The molecule has 1 aliphatic heterocycles. The Hall–Kier alpha value is -2.46. The van der Waals surface area contributed by atoms with Crippen LogP contribution in [0, 0.1) is 11.8 Å². The zero-order valence-corrected chi connectivity index (χ0v) is 23.1. The van der Waals surface area contributed by atoms with Crippen molar-refractivity contribution >= 4 is 15.9 Å². The number of nitrogens with zero attached hydrogens (tertiary/aromatic N) is 1. The highest BCUT2D eigenvalue weighted by atomic mass is 32.2. The van der Waals surface area contributed by atoms with Gasteiger partial charge in [-0.3, -0.25) is 4.79 Å². The van der Waals surface area contributed by atoms with Crippen LogP contribution in [0.3, 0.4) is 0 Å². The van der Waals surface area contributed by atoms with Gasteiger partial charge >= 0.3 is 0 Å². The van der Waals surface area contributed by atoms with Gasteiger partial charge in [0.1, 0.15) is 5.75 Å². The zero-order chi connectivity index (χ0) is 27.2. The number of amides is 1. The number of fused-ring (bicyclic) bond motifs is 1. The number of ether oxygens (including phenoxy) is 1. The molecule has 0 aliphatic carbocycles. The van der Waals surface area contributed by atoms with E-state index >= 15 is 0 Å². The minimum absolute atomic E-state index is 0.0285. The Balaban J connectivity index is 1.86. The van der Waals surface area contributed by atoms with Gasteiger partial charge in [-0.15, -0.1) is 0 Å². The van der Waals surface area contributed by atoms with Crippen molar-refractivity contribution < 1.29 is 23.1 Å². The van der Waals surface area contributed by atoms with Crippen molar-refractivity contribution in [3.05, 3.63) is 59.7 Å². The summed E-state index contributed by atoms with van der Waals surface area (Å²) in [5.74, 6) is 0.348. The molecule has 0 radical (unpaired) electrons. The predicted molar refractivity (Wildman–Crippen MR) is 145 cm³/mol. The van der Waals surface area contributed by atoms with Crippen LogP contribution < -0.4 is 15.8 Å². The second kappa shape index (κ2) is 12.9. The minimum Gasteiger partial charge on any atom is -0.493 e. The molecule has 0 spiro atoms. The fraction of sp³-hybridized carbons (Fsp3) is 0.536. The summed E-state index contributed by atoms with van der Waals surface area (Å²) in [7, 11) is -3.90. The van der Waals surface area contributed by atoms with Crippen LogP contribution in [-0.4, -0.2) is 61.6 Å². The monoisotopic (exact) mass is 531 g/mol. The molecular formula is C28H41N3O5S. The van der Waals surface area contributed by atoms with Crippen molar-refractivity contribution in [2.24, 2.45) is 17.6 Å². The number of aliphatic hydroxyl groups is 1. The lowest BCUT2D eigenvalue weighted by Gasteiger charge is -2.31. The van der Waals surface area contributed by atoms with E-state index in [1.165, 1.54) is 4.31 Å². The van der Waals surface area contributed by atoms with Crippen LogP contribution in [0.2, 0.25) is 0 Å². The number of carbonyl (C=O) groups excluding carboxylic acids is 1. The molecule has 0 aromatic heterocycles. The van der Waals surface area contributed by atoms with E-state index in [-0.39, 0.29) is 35.7 Å². The number of aliphatic hydroxyl groups excluding tert-OH is 1. The summed E-state index contributed by atoms with van der Waals surface area (Å²) in [6.45, 7) is 8.33. The van der Waals surface area contributed by atoms with Crippen LogP contribution in [0.15, 0.2) is 53.4 Å². The second-order valence-corrected chi connectivity index (χ2v) is 12.3. The lowest BCUT2D eigenvalue weighted by Crippen LogP contribution is -2.55. The fourth-order valence-corrected chi connectivity index (χ4v) is 6.10. The van der Waals surface area contributed by atoms with Crippen molar-refractivity contribution in [2.75, 3.05) is 19.7 Å². The highest BCUT2D eigenvalue weighted by Crippen LogP contribution is 2.29. The van der Waals surface area contributed by atoms with Crippen LogP contribution in [0.4, 0.5) is 0 Å². The maximum absolute atomic E-state index is 13.7. The van der Waals surface area contributed by atoms with E-state index in [2.05, 4.69) is 5.32 Å². The lowest BCUT2D eigenvalue weighted by atomic mass is 9.97. The van der Waals surface area contributed by atoms with Gasteiger partial charge in [0.15, 0.2) is 0 Å². The second-order valence-electron chi connectivity index (χ2n) is 10.4. The van der Waals surface area contributed by atoms with Gasteiger partial charge < -0.3 is 20.9 Å². The third-order valence-electron chi connectivity index (χ3n) is 6.91. The molecule has 0 saturated heterocycles. The maximum Gasteiger partial charge on any atom is 0.243 e. The first-order chi connectivity index (χ1) is 17.5. The summed E-state index contributed by atoms with van der Waals surface area (Å²) in [4.78, 5) is 13.1. The van der Waals surface area contributed by atoms with Crippen LogP contribution in [0.25, 0.3) is 0 Å². The molecule has 8 nitrogen and oxygen atoms in total. The number of hydrogen-bond acceptors (Lipinski definition) is 6. The van der Waals surface area contributed by atoms with Gasteiger partial charge in [0.25, 0.3) is 0 Å². The van der Waals surface area contributed by atoms with Gasteiger partial charge in [-0.2, -0.15) is 4.31 Å². The summed E-state index contributed by atoms with van der Waals surface area (Å²) >= 11 is 0. The highest BCUT2D eigenvalue weighted by Gasteiger charge is 2.33. The minimum atomic E-state index is -3.90. The maximum atomic E-state index is 13.7. The topological polar surface area (TPSA) is 122 Å². The predicted octanol–water partition coefficient (Wildman–Crippen LogP) is 2.73. The summed E-state index contributed by atoms with van der Waals surface area (Å²) < 4.78 is 34.3. The largest absolute Gasteiger partial charge is 0.493 e. The first-order valence-electron chi connectivity index (χ1n) is 13.1. The molecule has 1 aliphatic rings. The first kappa shape index (κ1) is 29.1. The van der Waals surface area contributed by atoms with E-state index in [1.54, 1.807) is 18.2 Å². The molecule has 2 aromatic rings. The number of carbonyl (C=O) groups is 1. The van der Waals surface area contributed by atoms with Crippen molar-refractivity contribution in [3.8, 4) is 5.75 Å². The van der Waals surface area contributed by atoms with Gasteiger partial charge in [0.05, 0.1) is 29.7 Å². The summed E-state index contributed by atoms with van der Waals surface area (Å²) in [6.07, 6.45) is 0.589. The molecule has 1 amide bonds. The Bertz CT molecular complexity index is 1140. The SMILES string of the molecule is CCC(C)C(N)C(=O)NC(Cc1ccccc1)C(O)CN(CC(C)C)S(=O)(=O)c1ccc2c(c1)CCO2. The molecular weight excluding hydrogens is 490 g/mol. The molecule has 4 unspecified atom stereocenters. The molecule has 37 heavy (non-hydrogen) atoms. The molecule has 4 N–H and O–H groups in total. The Labute approximate surface area is 221 Å². The van der Waals surface area contributed by atoms with E-state index in [0.717, 1.165) is 17.5 Å². The van der Waals surface area contributed by atoms with Crippen LogP contribution in [0.1, 0.15) is 45.2 Å². The summed E-state index contributed by atoms with van der Waals surface area (Å²) in [6, 6.07) is 12.9. The summed E-state index contributed by atoms with van der Waals surface area (Å²) in [5.41, 5.74) is 7.94. The highest BCUT2D eigenvalue weighted by molar-refractivity contribution is 7.89. The molecule has 9 heteroatoms.